The van der Waals surface area contributed by atoms with Crippen molar-refractivity contribution < 1.29 is 23.7 Å². The summed E-state index contributed by atoms with van der Waals surface area (Å²) >= 11 is 0. The molecule has 8 heteroatoms. The maximum absolute atomic E-state index is 12.1. The predicted molar refractivity (Wildman–Crippen MR) is 103 cm³/mol. The van der Waals surface area contributed by atoms with Crippen molar-refractivity contribution in [3.05, 3.63) is 29.8 Å². The highest BCUT2D eigenvalue weighted by Gasteiger charge is 2.17. The lowest BCUT2D eigenvalue weighted by Gasteiger charge is -2.15. The molecular formula is C19H25N3O5. The number of nitrogens with one attached hydrogen (secondary N) is 2. The van der Waals surface area contributed by atoms with Crippen molar-refractivity contribution >= 4 is 11.7 Å². The van der Waals surface area contributed by atoms with Crippen molar-refractivity contribution in [2.24, 2.45) is 0 Å². The van der Waals surface area contributed by atoms with Crippen molar-refractivity contribution in [2.75, 3.05) is 54.0 Å². The first-order valence-electron chi connectivity index (χ1n) is 8.35. The molecule has 2 N–H and O–H groups in total. The summed E-state index contributed by atoms with van der Waals surface area (Å²) in [5.41, 5.74) is 1.87. The van der Waals surface area contributed by atoms with Gasteiger partial charge < -0.3 is 29.6 Å². The minimum Gasteiger partial charge on any atom is -0.493 e. The Balaban J connectivity index is 2.51. The van der Waals surface area contributed by atoms with Crippen molar-refractivity contribution in [3.8, 4) is 28.5 Å². The monoisotopic (exact) mass is 375 g/mol. The fraction of sp³-hybridized carbons (Fsp3) is 0.368. The Labute approximate surface area is 158 Å². The molecule has 0 saturated carbocycles. The molecule has 1 aromatic carbocycles. The minimum absolute atomic E-state index is 0.223. The molecule has 0 aliphatic rings. The summed E-state index contributed by atoms with van der Waals surface area (Å²) in [6.07, 6.45) is 0. The van der Waals surface area contributed by atoms with E-state index in [9.17, 15) is 4.79 Å². The molecule has 0 aliphatic carbocycles. The van der Waals surface area contributed by atoms with Crippen LogP contribution in [0, 0.1) is 0 Å². The van der Waals surface area contributed by atoms with Crippen molar-refractivity contribution in [1.29, 1.82) is 0 Å². The van der Waals surface area contributed by atoms with Gasteiger partial charge in [-0.3, -0.25) is 4.79 Å². The second kappa shape index (κ2) is 9.63. The molecule has 1 heterocycles. The lowest BCUT2D eigenvalue weighted by atomic mass is 10.1. The number of carbonyl (C=O) groups is 1. The summed E-state index contributed by atoms with van der Waals surface area (Å²) in [4.78, 5) is 16.7. The third-order valence-corrected chi connectivity index (χ3v) is 3.93. The number of nitrogens with zero attached hydrogens (tertiary/aromatic N) is 1. The summed E-state index contributed by atoms with van der Waals surface area (Å²) in [6.45, 7) is 1.01. The van der Waals surface area contributed by atoms with Gasteiger partial charge in [0.15, 0.2) is 11.5 Å². The molecule has 0 radical (unpaired) electrons. The van der Waals surface area contributed by atoms with Crippen LogP contribution in [-0.4, -0.2) is 59.5 Å². The number of hydrogen-bond donors (Lipinski definition) is 2. The number of methoxy groups -OCH3 is 4. The van der Waals surface area contributed by atoms with E-state index in [2.05, 4.69) is 15.6 Å². The number of carbonyl (C=O) groups excluding carboxylic acids is 1. The Bertz CT molecular complexity index is 770. The van der Waals surface area contributed by atoms with E-state index in [4.69, 9.17) is 18.9 Å². The molecule has 8 nitrogen and oxygen atoms in total. The van der Waals surface area contributed by atoms with Gasteiger partial charge in [-0.2, -0.15) is 0 Å². The molecule has 0 unspecified atom stereocenters. The first-order chi connectivity index (χ1) is 13.1. The summed E-state index contributed by atoms with van der Waals surface area (Å²) in [5, 5.41) is 5.75. The number of rotatable bonds is 9. The third-order valence-electron chi connectivity index (χ3n) is 3.93. The van der Waals surface area contributed by atoms with Crippen LogP contribution in [0.25, 0.3) is 11.3 Å². The molecule has 0 saturated heterocycles. The van der Waals surface area contributed by atoms with E-state index in [0.717, 1.165) is 5.56 Å². The van der Waals surface area contributed by atoms with Crippen LogP contribution in [0.4, 0.5) is 5.82 Å². The second-order valence-corrected chi connectivity index (χ2v) is 5.51. The van der Waals surface area contributed by atoms with E-state index in [0.29, 0.717) is 47.5 Å². The molecule has 146 valence electrons. The number of ether oxygens (including phenoxy) is 4. The summed E-state index contributed by atoms with van der Waals surface area (Å²) in [5.74, 6) is 1.80. The maximum Gasteiger partial charge on any atom is 0.254 e. The van der Waals surface area contributed by atoms with E-state index >= 15 is 0 Å². The molecular weight excluding hydrogens is 350 g/mol. The van der Waals surface area contributed by atoms with Crippen LogP contribution in [-0.2, 0) is 4.74 Å². The van der Waals surface area contributed by atoms with Gasteiger partial charge in [-0.05, 0) is 24.3 Å². The fourth-order valence-electron chi connectivity index (χ4n) is 2.57. The quantitative estimate of drug-likeness (QED) is 0.649. The van der Waals surface area contributed by atoms with Gasteiger partial charge in [0.05, 0.1) is 39.2 Å². The normalized spacial score (nSPS) is 10.3. The highest BCUT2D eigenvalue weighted by Crippen LogP contribution is 2.41. The molecule has 1 aromatic heterocycles. The van der Waals surface area contributed by atoms with Gasteiger partial charge in [0.1, 0.15) is 5.82 Å². The van der Waals surface area contributed by atoms with Gasteiger partial charge in [-0.15, -0.1) is 0 Å². The average molecular weight is 375 g/mol. The molecule has 1 amide bonds. The van der Waals surface area contributed by atoms with E-state index in [1.165, 1.54) is 0 Å². The van der Waals surface area contributed by atoms with Crippen LogP contribution in [0.5, 0.6) is 17.2 Å². The van der Waals surface area contributed by atoms with Crippen LogP contribution >= 0.6 is 0 Å². The van der Waals surface area contributed by atoms with Crippen LogP contribution < -0.4 is 24.8 Å². The zero-order valence-electron chi connectivity index (χ0n) is 16.2. The van der Waals surface area contributed by atoms with Gasteiger partial charge in [-0.1, -0.05) is 0 Å². The molecule has 2 rings (SSSR count). The third kappa shape index (κ3) is 4.59. The van der Waals surface area contributed by atoms with E-state index < -0.39 is 0 Å². The molecule has 2 aromatic rings. The Morgan fingerprint density at radius 3 is 2.22 bits per heavy atom. The molecule has 0 bridgehead atoms. The Hall–Kier alpha value is -3.00. The van der Waals surface area contributed by atoms with Crippen LogP contribution in [0.2, 0.25) is 0 Å². The number of anilines is 1. The summed E-state index contributed by atoms with van der Waals surface area (Å²) in [7, 11) is 7.85. The standard InChI is InChI=1S/C19H25N3O5/c1-20-19(23)13-6-7-14(22-18(13)21-8-9-24-2)12-10-15(25-3)17(27-5)16(11-12)26-4/h6-7,10-11H,8-9H2,1-5H3,(H,20,23)(H,21,22). The molecule has 0 spiro atoms. The Kier molecular flexibility index (Phi) is 7.25. The Morgan fingerprint density at radius 1 is 1.04 bits per heavy atom. The Morgan fingerprint density at radius 2 is 1.70 bits per heavy atom. The van der Waals surface area contributed by atoms with E-state index in [1.807, 2.05) is 12.1 Å². The minimum atomic E-state index is -0.223. The predicted octanol–water partition coefficient (Wildman–Crippen LogP) is 2.19. The smallest absolute Gasteiger partial charge is 0.254 e. The number of benzene rings is 1. The SMILES string of the molecule is CNC(=O)c1ccc(-c2cc(OC)c(OC)c(OC)c2)nc1NCCOC. The highest BCUT2D eigenvalue weighted by atomic mass is 16.5. The van der Waals surface area contributed by atoms with Crippen LogP contribution in [0.3, 0.4) is 0 Å². The van der Waals surface area contributed by atoms with E-state index in [-0.39, 0.29) is 5.91 Å². The van der Waals surface area contributed by atoms with Gasteiger partial charge in [0.2, 0.25) is 5.75 Å². The number of amides is 1. The molecule has 0 aliphatic heterocycles. The van der Waals surface area contributed by atoms with Crippen molar-refractivity contribution in [3.63, 3.8) is 0 Å². The van der Waals surface area contributed by atoms with Gasteiger partial charge in [0.25, 0.3) is 5.91 Å². The first kappa shape index (κ1) is 20.3. The van der Waals surface area contributed by atoms with Gasteiger partial charge >= 0.3 is 0 Å². The molecule has 0 fully saturated rings. The molecule has 27 heavy (non-hydrogen) atoms. The molecule has 0 atom stereocenters. The fourth-order valence-corrected chi connectivity index (χ4v) is 2.57. The average Bonchev–Trinajstić information content (AvgIpc) is 2.72. The van der Waals surface area contributed by atoms with Gasteiger partial charge in [0, 0.05) is 26.3 Å². The zero-order valence-corrected chi connectivity index (χ0v) is 16.2. The lowest BCUT2D eigenvalue weighted by molar-refractivity contribution is 0.0963. The zero-order chi connectivity index (χ0) is 19.8. The van der Waals surface area contributed by atoms with Crippen LogP contribution in [0.1, 0.15) is 10.4 Å². The topological polar surface area (TPSA) is 90.9 Å². The summed E-state index contributed by atoms with van der Waals surface area (Å²) in [6, 6.07) is 7.11. The second-order valence-electron chi connectivity index (χ2n) is 5.51. The largest absolute Gasteiger partial charge is 0.493 e. The maximum atomic E-state index is 12.1. The highest BCUT2D eigenvalue weighted by molar-refractivity contribution is 5.99. The van der Waals surface area contributed by atoms with Crippen LogP contribution in [0.15, 0.2) is 24.3 Å². The van der Waals surface area contributed by atoms with Gasteiger partial charge in [-0.25, -0.2) is 4.98 Å². The first-order valence-corrected chi connectivity index (χ1v) is 8.35. The number of pyridine rings is 1. The van der Waals surface area contributed by atoms with E-state index in [1.54, 1.807) is 47.6 Å². The summed E-state index contributed by atoms with van der Waals surface area (Å²) < 4.78 is 21.2. The number of aromatic nitrogens is 1. The van der Waals surface area contributed by atoms with Crippen molar-refractivity contribution in [1.82, 2.24) is 10.3 Å². The van der Waals surface area contributed by atoms with Crippen molar-refractivity contribution in [2.45, 2.75) is 0 Å². The lowest BCUT2D eigenvalue weighted by Crippen LogP contribution is -2.21. The number of hydrogen-bond acceptors (Lipinski definition) is 7.